The molecule has 0 spiro atoms. The van der Waals surface area contributed by atoms with Gasteiger partial charge in [0, 0.05) is 24.3 Å². The predicted molar refractivity (Wildman–Crippen MR) is 108 cm³/mol. The lowest BCUT2D eigenvalue weighted by molar-refractivity contribution is -0.142. The quantitative estimate of drug-likeness (QED) is 0.554. The Morgan fingerprint density at radius 3 is 2.63 bits per heavy atom. The fourth-order valence-electron chi connectivity index (χ4n) is 2.58. The maximum atomic E-state index is 12.0. The summed E-state index contributed by atoms with van der Waals surface area (Å²) in [6.07, 6.45) is 3.57. The minimum atomic E-state index is -0.645. The van der Waals surface area contributed by atoms with Gasteiger partial charge in [0.2, 0.25) is 0 Å². The Morgan fingerprint density at radius 1 is 1.10 bits per heavy atom. The van der Waals surface area contributed by atoms with E-state index in [1.54, 1.807) is 48.5 Å². The number of amides is 1. The highest BCUT2D eigenvalue weighted by Crippen LogP contribution is 2.32. The van der Waals surface area contributed by atoms with Crippen LogP contribution in [0.3, 0.4) is 0 Å². The van der Waals surface area contributed by atoms with Gasteiger partial charge in [-0.25, -0.2) is 4.79 Å². The summed E-state index contributed by atoms with van der Waals surface area (Å²) in [5.41, 5.74) is 1.27. The van der Waals surface area contributed by atoms with E-state index in [9.17, 15) is 9.59 Å². The number of nitrogens with zero attached hydrogens (tertiary/aromatic N) is 1. The van der Waals surface area contributed by atoms with Gasteiger partial charge in [-0.1, -0.05) is 12.1 Å². The van der Waals surface area contributed by atoms with Gasteiger partial charge in [-0.2, -0.15) is 5.26 Å². The van der Waals surface area contributed by atoms with Crippen LogP contribution in [0.5, 0.6) is 17.2 Å². The molecule has 0 radical (unpaired) electrons. The molecule has 30 heavy (non-hydrogen) atoms. The SMILES string of the molecule is N#CCOc1ccc(/C=C/C(=O)OCC(=O)Nc2ccc3c(c2)OCCCO3)cc1. The van der Waals surface area contributed by atoms with Gasteiger partial charge in [0.1, 0.15) is 11.8 Å². The van der Waals surface area contributed by atoms with E-state index in [-0.39, 0.29) is 6.61 Å². The fourth-order valence-corrected chi connectivity index (χ4v) is 2.58. The van der Waals surface area contributed by atoms with E-state index < -0.39 is 18.5 Å². The molecule has 0 aliphatic carbocycles. The van der Waals surface area contributed by atoms with Crippen LogP contribution in [0.4, 0.5) is 5.69 Å². The van der Waals surface area contributed by atoms with Crippen LogP contribution < -0.4 is 19.5 Å². The molecule has 1 N–H and O–H groups in total. The number of carbonyl (C=O) groups excluding carboxylic acids is 2. The van der Waals surface area contributed by atoms with Crippen molar-refractivity contribution in [1.82, 2.24) is 0 Å². The zero-order chi connectivity index (χ0) is 21.2. The van der Waals surface area contributed by atoms with Crippen LogP contribution in [0.25, 0.3) is 6.08 Å². The largest absolute Gasteiger partial charge is 0.490 e. The third kappa shape index (κ3) is 6.27. The van der Waals surface area contributed by atoms with Crippen LogP contribution in [0.15, 0.2) is 48.5 Å². The summed E-state index contributed by atoms with van der Waals surface area (Å²) >= 11 is 0. The summed E-state index contributed by atoms with van der Waals surface area (Å²) in [5.74, 6) is 0.641. The predicted octanol–water partition coefficient (Wildman–Crippen LogP) is 2.95. The molecule has 0 saturated heterocycles. The van der Waals surface area contributed by atoms with Gasteiger partial charge in [-0.05, 0) is 35.9 Å². The van der Waals surface area contributed by atoms with Crippen LogP contribution in [0, 0.1) is 11.3 Å². The number of hydrogen-bond donors (Lipinski definition) is 1. The second-order valence-corrected chi connectivity index (χ2v) is 6.22. The van der Waals surface area contributed by atoms with E-state index in [4.69, 9.17) is 24.2 Å². The number of anilines is 1. The maximum Gasteiger partial charge on any atom is 0.331 e. The zero-order valence-corrected chi connectivity index (χ0v) is 16.1. The first kappa shape index (κ1) is 20.7. The molecule has 3 rings (SSSR count). The number of nitriles is 1. The van der Waals surface area contributed by atoms with E-state index in [2.05, 4.69) is 5.32 Å². The Kier molecular flexibility index (Phi) is 7.28. The third-order valence-corrected chi connectivity index (χ3v) is 3.97. The fraction of sp³-hybridized carbons (Fsp3) is 0.227. The topological polar surface area (TPSA) is 107 Å². The van der Waals surface area contributed by atoms with Crippen molar-refractivity contribution in [3.05, 3.63) is 54.1 Å². The second-order valence-electron chi connectivity index (χ2n) is 6.22. The molecule has 0 aromatic heterocycles. The third-order valence-electron chi connectivity index (χ3n) is 3.97. The van der Waals surface area contributed by atoms with Gasteiger partial charge in [-0.15, -0.1) is 0 Å². The minimum Gasteiger partial charge on any atom is -0.490 e. The molecule has 154 valence electrons. The van der Waals surface area contributed by atoms with E-state index in [0.717, 1.165) is 12.0 Å². The summed E-state index contributed by atoms with van der Waals surface area (Å²) in [7, 11) is 0. The van der Waals surface area contributed by atoms with Crippen molar-refractivity contribution in [2.45, 2.75) is 6.42 Å². The molecule has 0 atom stereocenters. The molecule has 0 unspecified atom stereocenters. The molecule has 2 aromatic rings. The molecule has 0 bridgehead atoms. The summed E-state index contributed by atoms with van der Waals surface area (Å²) in [4.78, 5) is 23.9. The first-order valence-electron chi connectivity index (χ1n) is 9.28. The highest BCUT2D eigenvalue weighted by molar-refractivity contribution is 5.94. The van der Waals surface area contributed by atoms with Crippen LogP contribution in [-0.2, 0) is 14.3 Å². The number of ether oxygens (including phenoxy) is 4. The van der Waals surface area contributed by atoms with Gasteiger partial charge in [0.25, 0.3) is 5.91 Å². The Morgan fingerprint density at radius 2 is 1.87 bits per heavy atom. The second kappa shape index (κ2) is 10.5. The van der Waals surface area contributed by atoms with Crippen LogP contribution >= 0.6 is 0 Å². The van der Waals surface area contributed by atoms with E-state index in [1.165, 1.54) is 6.08 Å². The van der Waals surface area contributed by atoms with Crippen molar-refractivity contribution < 1.29 is 28.5 Å². The lowest BCUT2D eigenvalue weighted by atomic mass is 10.2. The van der Waals surface area contributed by atoms with Gasteiger partial charge < -0.3 is 24.3 Å². The molecule has 1 amide bonds. The van der Waals surface area contributed by atoms with Crippen LogP contribution in [0.1, 0.15) is 12.0 Å². The number of rotatable bonds is 7. The number of esters is 1. The molecule has 8 heteroatoms. The molecule has 2 aromatic carbocycles. The first-order chi connectivity index (χ1) is 14.6. The van der Waals surface area contributed by atoms with Crippen molar-refractivity contribution in [3.8, 4) is 23.3 Å². The Labute approximate surface area is 173 Å². The molecule has 1 aliphatic heterocycles. The van der Waals surface area contributed by atoms with E-state index >= 15 is 0 Å². The van der Waals surface area contributed by atoms with E-state index in [0.29, 0.717) is 36.1 Å². The Hall–Kier alpha value is -3.99. The van der Waals surface area contributed by atoms with Gasteiger partial charge in [0.15, 0.2) is 24.7 Å². The monoisotopic (exact) mass is 408 g/mol. The standard InChI is InChI=1S/C22H20N2O6/c23-10-13-27-18-6-2-16(3-7-18)4-9-22(26)30-15-21(25)24-17-5-8-19-20(14-17)29-12-1-11-28-19/h2-9,14H,1,11-13,15H2,(H,24,25)/b9-4+. The molecule has 1 heterocycles. The summed E-state index contributed by atoms with van der Waals surface area (Å²) in [6.45, 7) is 0.680. The summed E-state index contributed by atoms with van der Waals surface area (Å²) in [5, 5.41) is 11.1. The smallest absolute Gasteiger partial charge is 0.331 e. The molecule has 1 aliphatic rings. The molecular formula is C22H20N2O6. The highest BCUT2D eigenvalue weighted by atomic mass is 16.5. The molecular weight excluding hydrogens is 388 g/mol. The van der Waals surface area contributed by atoms with Gasteiger partial charge in [0.05, 0.1) is 13.2 Å². The Balaban J connectivity index is 1.45. The molecule has 0 fully saturated rings. The zero-order valence-electron chi connectivity index (χ0n) is 16.1. The first-order valence-corrected chi connectivity index (χ1v) is 9.28. The lowest BCUT2D eigenvalue weighted by Gasteiger charge is -2.10. The van der Waals surface area contributed by atoms with Crippen molar-refractivity contribution in [2.24, 2.45) is 0 Å². The normalized spacial score (nSPS) is 12.5. The number of hydrogen-bond acceptors (Lipinski definition) is 7. The van der Waals surface area contributed by atoms with Crippen LogP contribution in [-0.4, -0.2) is 38.3 Å². The average molecular weight is 408 g/mol. The van der Waals surface area contributed by atoms with E-state index in [1.807, 2.05) is 6.07 Å². The maximum absolute atomic E-state index is 12.0. The van der Waals surface area contributed by atoms with Crippen molar-refractivity contribution in [2.75, 3.05) is 31.7 Å². The summed E-state index contributed by atoms with van der Waals surface area (Å²) in [6, 6.07) is 13.8. The highest BCUT2D eigenvalue weighted by Gasteiger charge is 2.12. The van der Waals surface area contributed by atoms with Gasteiger partial charge in [-0.3, -0.25) is 4.79 Å². The summed E-state index contributed by atoms with van der Waals surface area (Å²) < 4.78 is 21.2. The average Bonchev–Trinajstić information content (AvgIpc) is 3.00. The van der Waals surface area contributed by atoms with Gasteiger partial charge >= 0.3 is 5.97 Å². The van der Waals surface area contributed by atoms with Crippen molar-refractivity contribution in [3.63, 3.8) is 0 Å². The molecule has 8 nitrogen and oxygen atoms in total. The van der Waals surface area contributed by atoms with Crippen molar-refractivity contribution in [1.29, 1.82) is 5.26 Å². The number of fused-ring (bicyclic) bond motifs is 1. The van der Waals surface area contributed by atoms with Crippen molar-refractivity contribution >= 4 is 23.6 Å². The number of carbonyl (C=O) groups is 2. The Bertz CT molecular complexity index is 963. The minimum absolute atomic E-state index is 0.0319. The number of nitrogens with one attached hydrogen (secondary N) is 1. The lowest BCUT2D eigenvalue weighted by Crippen LogP contribution is -2.20. The van der Waals surface area contributed by atoms with Crippen LogP contribution in [0.2, 0.25) is 0 Å². The number of benzene rings is 2. The molecule has 0 saturated carbocycles.